The zero-order valence-corrected chi connectivity index (χ0v) is 22.5. The number of rotatable bonds is 7. The van der Waals surface area contributed by atoms with Gasteiger partial charge in [0.25, 0.3) is 11.8 Å². The van der Waals surface area contributed by atoms with Crippen LogP contribution in [0, 0.1) is 0 Å². The smallest absolute Gasteiger partial charge is 0.256 e. The van der Waals surface area contributed by atoms with Crippen LogP contribution < -0.4 is 22.1 Å². The molecule has 2 amide bonds. The summed E-state index contributed by atoms with van der Waals surface area (Å²) in [4.78, 5) is 32.8. The van der Waals surface area contributed by atoms with Gasteiger partial charge in [-0.1, -0.05) is 0 Å². The quantitative estimate of drug-likeness (QED) is 0.294. The van der Waals surface area contributed by atoms with Crippen LogP contribution in [-0.2, 0) is 11.4 Å². The van der Waals surface area contributed by atoms with Gasteiger partial charge in [0.2, 0.25) is 0 Å². The summed E-state index contributed by atoms with van der Waals surface area (Å²) in [7, 11) is 0. The SMILES string of the molecule is CC1(C)CCCC(C)(C)N1OCc1cc(C(=O)Nc2ccc(N)cc2)ccc1C(=O)Nc1ccc(N)cc1. The number of hydroxylamine groups is 2. The number of nitrogens with one attached hydrogen (secondary N) is 2. The number of hydrogen-bond donors (Lipinski definition) is 4. The lowest BCUT2D eigenvalue weighted by Crippen LogP contribution is -2.58. The Labute approximate surface area is 224 Å². The predicted molar refractivity (Wildman–Crippen MR) is 153 cm³/mol. The molecular formula is C30H37N5O3. The van der Waals surface area contributed by atoms with E-state index in [4.69, 9.17) is 16.3 Å². The Kier molecular flexibility index (Phi) is 7.76. The predicted octanol–water partition coefficient (Wildman–Crippen LogP) is 5.83. The second kappa shape index (κ2) is 10.8. The number of benzene rings is 3. The number of anilines is 4. The van der Waals surface area contributed by atoms with E-state index in [-0.39, 0.29) is 29.5 Å². The number of amides is 2. The van der Waals surface area contributed by atoms with Gasteiger partial charge >= 0.3 is 0 Å². The van der Waals surface area contributed by atoms with Crippen LogP contribution in [0.4, 0.5) is 22.7 Å². The summed E-state index contributed by atoms with van der Waals surface area (Å²) >= 11 is 0. The third-order valence-corrected chi connectivity index (χ3v) is 6.98. The molecule has 0 aromatic heterocycles. The van der Waals surface area contributed by atoms with Crippen LogP contribution in [0.2, 0.25) is 0 Å². The second-order valence-electron chi connectivity index (χ2n) is 11.1. The average molecular weight is 516 g/mol. The topological polar surface area (TPSA) is 123 Å². The van der Waals surface area contributed by atoms with Crippen LogP contribution in [0.1, 0.15) is 73.2 Å². The highest BCUT2D eigenvalue weighted by Crippen LogP contribution is 2.38. The van der Waals surface area contributed by atoms with E-state index in [0.717, 1.165) is 19.3 Å². The minimum Gasteiger partial charge on any atom is -0.399 e. The molecule has 0 aliphatic carbocycles. The van der Waals surface area contributed by atoms with Crippen molar-refractivity contribution in [3.8, 4) is 0 Å². The molecular weight excluding hydrogens is 478 g/mol. The molecule has 1 aliphatic heterocycles. The number of carbonyl (C=O) groups excluding carboxylic acids is 2. The number of nitrogens with zero attached hydrogens (tertiary/aromatic N) is 1. The van der Waals surface area contributed by atoms with E-state index in [1.807, 2.05) is 5.06 Å². The molecule has 1 saturated heterocycles. The van der Waals surface area contributed by atoms with Crippen molar-refractivity contribution in [3.63, 3.8) is 0 Å². The van der Waals surface area contributed by atoms with Gasteiger partial charge in [0.05, 0.1) is 6.61 Å². The van der Waals surface area contributed by atoms with Gasteiger partial charge in [0.1, 0.15) is 0 Å². The molecule has 4 rings (SSSR count). The van der Waals surface area contributed by atoms with Gasteiger partial charge in [-0.2, -0.15) is 5.06 Å². The highest BCUT2D eigenvalue weighted by molar-refractivity contribution is 6.08. The van der Waals surface area contributed by atoms with Crippen molar-refractivity contribution in [2.75, 3.05) is 22.1 Å². The van der Waals surface area contributed by atoms with Crippen molar-refractivity contribution in [1.82, 2.24) is 5.06 Å². The van der Waals surface area contributed by atoms with Crippen molar-refractivity contribution < 1.29 is 14.4 Å². The van der Waals surface area contributed by atoms with Crippen LogP contribution >= 0.6 is 0 Å². The molecule has 6 N–H and O–H groups in total. The van der Waals surface area contributed by atoms with E-state index in [1.165, 1.54) is 0 Å². The fourth-order valence-corrected chi connectivity index (χ4v) is 5.07. The van der Waals surface area contributed by atoms with Gasteiger partial charge in [-0.05, 0) is 119 Å². The molecule has 8 nitrogen and oxygen atoms in total. The maximum atomic E-state index is 13.3. The first kappa shape index (κ1) is 27.2. The number of nitrogens with two attached hydrogens (primary N) is 2. The zero-order chi connectivity index (χ0) is 27.5. The molecule has 0 unspecified atom stereocenters. The van der Waals surface area contributed by atoms with Gasteiger partial charge in [-0.25, -0.2) is 0 Å². The zero-order valence-electron chi connectivity index (χ0n) is 22.5. The van der Waals surface area contributed by atoms with Gasteiger partial charge < -0.3 is 22.1 Å². The lowest BCUT2D eigenvalue weighted by Gasteiger charge is -2.51. The van der Waals surface area contributed by atoms with E-state index >= 15 is 0 Å². The normalized spacial score (nSPS) is 16.5. The van der Waals surface area contributed by atoms with Gasteiger partial charge in [0, 0.05) is 45.0 Å². The molecule has 0 bridgehead atoms. The van der Waals surface area contributed by atoms with Crippen molar-refractivity contribution in [3.05, 3.63) is 83.4 Å². The van der Waals surface area contributed by atoms with Crippen LogP contribution in [-0.4, -0.2) is 28.0 Å². The summed E-state index contributed by atoms with van der Waals surface area (Å²) in [5, 5.41) is 7.84. The van der Waals surface area contributed by atoms with E-state index in [0.29, 0.717) is 39.4 Å². The molecule has 0 saturated carbocycles. The van der Waals surface area contributed by atoms with Crippen LogP contribution in [0.25, 0.3) is 0 Å². The molecule has 38 heavy (non-hydrogen) atoms. The van der Waals surface area contributed by atoms with Crippen LogP contribution in [0.15, 0.2) is 66.7 Å². The lowest BCUT2D eigenvalue weighted by molar-refractivity contribution is -0.288. The first-order valence-electron chi connectivity index (χ1n) is 12.8. The Hall–Kier alpha value is -3.88. The third kappa shape index (κ3) is 6.33. The summed E-state index contributed by atoms with van der Waals surface area (Å²) in [6.07, 6.45) is 3.13. The molecule has 1 fully saturated rings. The molecule has 1 heterocycles. The first-order valence-corrected chi connectivity index (χ1v) is 12.8. The van der Waals surface area contributed by atoms with Gasteiger partial charge in [-0.3, -0.25) is 14.4 Å². The molecule has 8 heteroatoms. The van der Waals surface area contributed by atoms with E-state index < -0.39 is 0 Å². The first-order chi connectivity index (χ1) is 17.9. The Morgan fingerprint density at radius 1 is 0.789 bits per heavy atom. The number of carbonyl (C=O) groups is 2. The third-order valence-electron chi connectivity index (χ3n) is 6.98. The van der Waals surface area contributed by atoms with E-state index in [1.54, 1.807) is 66.7 Å². The Morgan fingerprint density at radius 3 is 1.82 bits per heavy atom. The summed E-state index contributed by atoms with van der Waals surface area (Å²) in [5.74, 6) is -0.587. The summed E-state index contributed by atoms with van der Waals surface area (Å²) in [6, 6.07) is 18.9. The maximum absolute atomic E-state index is 13.3. The molecule has 0 spiro atoms. The lowest BCUT2D eigenvalue weighted by atomic mass is 9.82. The second-order valence-corrected chi connectivity index (χ2v) is 11.1. The fourth-order valence-electron chi connectivity index (χ4n) is 5.07. The van der Waals surface area contributed by atoms with E-state index in [2.05, 4.69) is 38.3 Å². The molecule has 200 valence electrons. The van der Waals surface area contributed by atoms with Crippen molar-refractivity contribution in [2.24, 2.45) is 0 Å². The summed E-state index contributed by atoms with van der Waals surface area (Å²) in [6.45, 7) is 8.80. The standard InChI is InChI=1S/C30H37N5O3/c1-29(2)16-5-17-30(3,4)35(29)38-19-21-18-20(27(36)33-24-11-7-22(31)8-12-24)6-15-26(21)28(37)34-25-13-9-23(32)10-14-25/h6-15,18H,5,16-17,19,31-32H2,1-4H3,(H,33,36)(H,34,37). The minimum atomic E-state index is -0.295. The van der Waals surface area contributed by atoms with Crippen LogP contribution in [0.3, 0.4) is 0 Å². The van der Waals surface area contributed by atoms with E-state index in [9.17, 15) is 9.59 Å². The summed E-state index contributed by atoms with van der Waals surface area (Å²) < 4.78 is 0. The van der Waals surface area contributed by atoms with Crippen molar-refractivity contribution in [2.45, 2.75) is 64.6 Å². The average Bonchev–Trinajstić information content (AvgIpc) is 2.85. The summed E-state index contributed by atoms with van der Waals surface area (Å²) in [5.41, 5.74) is 15.1. The van der Waals surface area contributed by atoms with Crippen molar-refractivity contribution >= 4 is 34.6 Å². The highest BCUT2D eigenvalue weighted by atomic mass is 16.7. The molecule has 0 atom stereocenters. The molecule has 3 aromatic carbocycles. The Morgan fingerprint density at radius 2 is 1.29 bits per heavy atom. The number of piperidine rings is 1. The molecule has 3 aromatic rings. The fraction of sp³-hybridized carbons (Fsp3) is 0.333. The minimum absolute atomic E-state index is 0.139. The largest absolute Gasteiger partial charge is 0.399 e. The number of nitrogen functional groups attached to an aromatic ring is 2. The molecule has 0 radical (unpaired) electrons. The van der Waals surface area contributed by atoms with Crippen molar-refractivity contribution in [1.29, 1.82) is 0 Å². The monoisotopic (exact) mass is 515 g/mol. The van der Waals surface area contributed by atoms with Crippen LogP contribution in [0.5, 0.6) is 0 Å². The van der Waals surface area contributed by atoms with Gasteiger partial charge in [-0.15, -0.1) is 0 Å². The van der Waals surface area contributed by atoms with Gasteiger partial charge in [0.15, 0.2) is 0 Å². The highest BCUT2D eigenvalue weighted by Gasteiger charge is 2.42. The maximum Gasteiger partial charge on any atom is 0.256 e. The number of hydrogen-bond acceptors (Lipinski definition) is 6. The molecule has 1 aliphatic rings. The Bertz CT molecular complexity index is 1280. The Balaban J connectivity index is 1.61.